The van der Waals surface area contributed by atoms with Gasteiger partial charge in [-0.05, 0) is 51.5 Å². The lowest BCUT2D eigenvalue weighted by molar-refractivity contribution is 0.598. The minimum atomic E-state index is -2.10. The highest BCUT2D eigenvalue weighted by molar-refractivity contribution is 7.61. The van der Waals surface area contributed by atoms with Crippen LogP contribution in [-0.4, -0.2) is 0 Å². The molecular formula is C30H25OPS4. The lowest BCUT2D eigenvalue weighted by atomic mass is 10.0. The Hall–Kier alpha value is -2.27. The minimum absolute atomic E-state index is 0.906. The lowest BCUT2D eigenvalue weighted by Crippen LogP contribution is -2.08. The SMILES string of the molecule is Cc1cc(-c2sc3cc(-c4ccccc4[PH](=O)c4ccccc4)sc3c2-c2cc(C)sc2C)c(C)s1. The zero-order valence-electron chi connectivity index (χ0n) is 20.5. The van der Waals surface area contributed by atoms with Crippen LogP contribution in [0.15, 0.2) is 72.8 Å². The zero-order chi connectivity index (χ0) is 25.0. The van der Waals surface area contributed by atoms with Gasteiger partial charge in [-0.1, -0.05) is 54.6 Å². The molecule has 6 rings (SSSR count). The van der Waals surface area contributed by atoms with Crippen LogP contribution in [0.4, 0.5) is 0 Å². The molecule has 180 valence electrons. The maximum absolute atomic E-state index is 13.6. The van der Waals surface area contributed by atoms with Gasteiger partial charge in [-0.15, -0.1) is 45.3 Å². The van der Waals surface area contributed by atoms with E-state index in [4.69, 9.17) is 0 Å². The maximum atomic E-state index is 13.6. The Kier molecular flexibility index (Phi) is 6.39. The van der Waals surface area contributed by atoms with E-state index < -0.39 is 7.80 Å². The van der Waals surface area contributed by atoms with E-state index in [9.17, 15) is 4.57 Å². The van der Waals surface area contributed by atoms with Gasteiger partial charge in [-0.3, -0.25) is 0 Å². The number of aryl methyl sites for hydroxylation is 4. The Balaban J connectivity index is 1.56. The van der Waals surface area contributed by atoms with Crippen LogP contribution < -0.4 is 10.6 Å². The van der Waals surface area contributed by atoms with Crippen molar-refractivity contribution in [2.24, 2.45) is 0 Å². The lowest BCUT2D eigenvalue weighted by Gasteiger charge is -2.09. The molecule has 0 saturated heterocycles. The highest BCUT2D eigenvalue weighted by Crippen LogP contribution is 2.52. The Bertz CT molecular complexity index is 1750. The number of benzene rings is 2. The van der Waals surface area contributed by atoms with Crippen LogP contribution in [0, 0.1) is 27.7 Å². The van der Waals surface area contributed by atoms with E-state index in [2.05, 4.69) is 58.0 Å². The molecule has 4 aromatic heterocycles. The van der Waals surface area contributed by atoms with Crippen molar-refractivity contribution in [1.29, 1.82) is 0 Å². The van der Waals surface area contributed by atoms with Gasteiger partial charge in [0.1, 0.15) is 7.80 Å². The second-order valence-electron chi connectivity index (χ2n) is 9.00. The van der Waals surface area contributed by atoms with E-state index in [-0.39, 0.29) is 0 Å². The third-order valence-corrected chi connectivity index (χ3v) is 12.6. The van der Waals surface area contributed by atoms with Crippen molar-refractivity contribution in [1.82, 2.24) is 0 Å². The van der Waals surface area contributed by atoms with Crippen molar-refractivity contribution in [2.45, 2.75) is 27.7 Å². The first-order chi connectivity index (χ1) is 17.4. The van der Waals surface area contributed by atoms with Gasteiger partial charge < -0.3 is 4.57 Å². The van der Waals surface area contributed by atoms with Gasteiger partial charge in [0.25, 0.3) is 0 Å². The Labute approximate surface area is 228 Å². The van der Waals surface area contributed by atoms with Crippen LogP contribution in [-0.2, 0) is 4.57 Å². The van der Waals surface area contributed by atoms with Crippen molar-refractivity contribution >= 4 is 73.2 Å². The summed E-state index contributed by atoms with van der Waals surface area (Å²) in [6.45, 7) is 8.86. The topological polar surface area (TPSA) is 17.1 Å². The molecular weight excluding hydrogens is 536 g/mol. The maximum Gasteiger partial charge on any atom is 0.132 e. The molecule has 1 unspecified atom stereocenters. The zero-order valence-corrected chi connectivity index (χ0v) is 24.7. The van der Waals surface area contributed by atoms with E-state index >= 15 is 0 Å². The van der Waals surface area contributed by atoms with Crippen molar-refractivity contribution in [3.63, 3.8) is 0 Å². The molecule has 0 aliphatic carbocycles. The van der Waals surface area contributed by atoms with Crippen molar-refractivity contribution < 1.29 is 4.57 Å². The molecule has 1 nitrogen and oxygen atoms in total. The fraction of sp³-hybridized carbons (Fsp3) is 0.133. The molecule has 0 saturated carbocycles. The summed E-state index contributed by atoms with van der Waals surface area (Å²) < 4.78 is 16.2. The average molecular weight is 561 g/mol. The predicted octanol–water partition coefficient (Wildman–Crippen LogP) is 9.83. The first-order valence-electron chi connectivity index (χ1n) is 11.8. The summed E-state index contributed by atoms with van der Waals surface area (Å²) in [7, 11) is -2.10. The molecule has 0 N–H and O–H groups in total. The molecule has 6 aromatic rings. The third kappa shape index (κ3) is 4.17. The summed E-state index contributed by atoms with van der Waals surface area (Å²) >= 11 is 7.48. The molecule has 1 atom stereocenters. The summed E-state index contributed by atoms with van der Waals surface area (Å²) in [4.78, 5) is 7.99. The van der Waals surface area contributed by atoms with Crippen LogP contribution in [0.3, 0.4) is 0 Å². The van der Waals surface area contributed by atoms with Gasteiger partial charge in [0.05, 0.1) is 4.70 Å². The Morgan fingerprint density at radius 3 is 1.94 bits per heavy atom. The van der Waals surface area contributed by atoms with Crippen LogP contribution in [0.5, 0.6) is 0 Å². The van der Waals surface area contributed by atoms with Crippen molar-refractivity contribution in [3.8, 4) is 32.0 Å². The van der Waals surface area contributed by atoms with E-state index in [0.717, 1.165) is 16.2 Å². The molecule has 0 aliphatic heterocycles. The van der Waals surface area contributed by atoms with E-state index in [1.54, 1.807) is 0 Å². The molecule has 0 radical (unpaired) electrons. The molecule has 0 amide bonds. The quantitative estimate of drug-likeness (QED) is 0.192. The molecule has 36 heavy (non-hydrogen) atoms. The second kappa shape index (κ2) is 9.55. The van der Waals surface area contributed by atoms with Gasteiger partial charge in [-0.25, -0.2) is 0 Å². The molecule has 2 aromatic carbocycles. The summed E-state index contributed by atoms with van der Waals surface area (Å²) in [5.41, 5.74) is 5.16. The standard InChI is InChI=1S/C30H25OPS4/c1-17-14-23(19(3)33-17)28-29(24-15-18(2)34-20(24)4)36-27-16-26(35-30(27)28)22-12-8-9-13-25(22)32(31)21-10-6-5-7-11-21/h5-16,32H,1-4H3. The fourth-order valence-electron chi connectivity index (χ4n) is 4.83. The minimum Gasteiger partial charge on any atom is -0.317 e. The first kappa shape index (κ1) is 24.1. The van der Waals surface area contributed by atoms with Gasteiger partial charge >= 0.3 is 0 Å². The van der Waals surface area contributed by atoms with E-state index in [1.165, 1.54) is 55.4 Å². The second-order valence-corrected chi connectivity index (χ2v) is 15.8. The van der Waals surface area contributed by atoms with Gasteiger partial charge in [0, 0.05) is 61.3 Å². The normalized spacial score (nSPS) is 12.4. The average Bonchev–Trinajstić information content (AvgIpc) is 3.61. The molecule has 6 heteroatoms. The highest BCUT2D eigenvalue weighted by Gasteiger charge is 2.24. The first-order valence-corrected chi connectivity index (χ1v) is 16.5. The molecule has 0 spiro atoms. The van der Waals surface area contributed by atoms with Crippen LogP contribution in [0.25, 0.3) is 41.4 Å². The summed E-state index contributed by atoms with van der Waals surface area (Å²) in [6.07, 6.45) is 0. The van der Waals surface area contributed by atoms with E-state index in [0.29, 0.717) is 0 Å². The largest absolute Gasteiger partial charge is 0.317 e. The third-order valence-electron chi connectivity index (χ3n) is 6.43. The van der Waals surface area contributed by atoms with Crippen molar-refractivity contribution in [2.75, 3.05) is 0 Å². The smallest absolute Gasteiger partial charge is 0.132 e. The van der Waals surface area contributed by atoms with Crippen LogP contribution in [0.1, 0.15) is 19.5 Å². The number of thiophene rings is 4. The van der Waals surface area contributed by atoms with Crippen LogP contribution >= 0.6 is 53.1 Å². The Morgan fingerprint density at radius 1 is 0.639 bits per heavy atom. The van der Waals surface area contributed by atoms with Crippen LogP contribution in [0.2, 0.25) is 0 Å². The molecule has 0 fully saturated rings. The highest BCUT2D eigenvalue weighted by atomic mass is 32.1. The molecule has 0 bridgehead atoms. The summed E-state index contributed by atoms with van der Waals surface area (Å²) in [5, 5.41) is 1.85. The summed E-state index contributed by atoms with van der Waals surface area (Å²) in [5.74, 6) is 0. The monoisotopic (exact) mass is 560 g/mol. The van der Waals surface area contributed by atoms with Gasteiger partial charge in [0.15, 0.2) is 0 Å². The van der Waals surface area contributed by atoms with Gasteiger partial charge in [-0.2, -0.15) is 0 Å². The summed E-state index contributed by atoms with van der Waals surface area (Å²) in [6, 6.07) is 25.1. The number of hydrogen-bond acceptors (Lipinski definition) is 5. The fourth-order valence-corrected chi connectivity index (χ4v) is 11.1. The number of hydrogen-bond donors (Lipinski definition) is 0. The molecule has 4 heterocycles. The Morgan fingerprint density at radius 2 is 1.28 bits per heavy atom. The predicted molar refractivity (Wildman–Crippen MR) is 165 cm³/mol. The molecule has 0 aliphatic rings. The van der Waals surface area contributed by atoms with Crippen molar-refractivity contribution in [3.05, 3.63) is 92.3 Å². The number of fused-ring (bicyclic) bond motifs is 1. The van der Waals surface area contributed by atoms with E-state index in [1.807, 2.05) is 87.8 Å². The number of rotatable bonds is 5. The van der Waals surface area contributed by atoms with Gasteiger partial charge in [0.2, 0.25) is 0 Å².